The Morgan fingerprint density at radius 2 is 2.05 bits per heavy atom. The molecule has 1 aliphatic heterocycles. The molecule has 4 heteroatoms. The maximum absolute atomic E-state index is 12.3. The summed E-state index contributed by atoms with van der Waals surface area (Å²) in [5.41, 5.74) is 3.03. The van der Waals surface area contributed by atoms with Gasteiger partial charge in [0.05, 0.1) is 12.5 Å². The minimum atomic E-state index is -0.168. The van der Waals surface area contributed by atoms with Gasteiger partial charge in [0.1, 0.15) is 5.75 Å². The average Bonchev–Trinajstić information content (AvgIpc) is 2.82. The zero-order chi connectivity index (χ0) is 15.5. The molecule has 1 amide bonds. The quantitative estimate of drug-likeness (QED) is 0.852. The van der Waals surface area contributed by atoms with Gasteiger partial charge in [-0.05, 0) is 48.2 Å². The molecule has 3 nitrogen and oxygen atoms in total. The van der Waals surface area contributed by atoms with E-state index in [2.05, 4.69) is 28.2 Å². The predicted octanol–water partition coefficient (Wildman–Crippen LogP) is 4.52. The number of rotatable bonds is 5. The van der Waals surface area contributed by atoms with Gasteiger partial charge in [-0.25, -0.2) is 0 Å². The van der Waals surface area contributed by atoms with E-state index >= 15 is 0 Å². The predicted molar refractivity (Wildman–Crippen MR) is 91.4 cm³/mol. The number of nitrogens with one attached hydrogen (secondary N) is 1. The van der Waals surface area contributed by atoms with Crippen molar-refractivity contribution in [2.45, 2.75) is 25.7 Å². The summed E-state index contributed by atoms with van der Waals surface area (Å²) in [6.45, 7) is 2.77. The number of halogens is 1. The fraction of sp³-hybridized carbons (Fsp3) is 0.278. The van der Waals surface area contributed by atoms with Crippen LogP contribution in [0.15, 0.2) is 46.9 Å². The molecule has 1 aliphatic rings. The second kappa shape index (κ2) is 6.53. The molecule has 0 spiro atoms. The lowest BCUT2D eigenvalue weighted by Crippen LogP contribution is -2.15. The third-order valence-corrected chi connectivity index (χ3v) is 4.31. The molecule has 0 aromatic heterocycles. The number of amides is 1. The minimum absolute atomic E-state index is 0.0541. The molecule has 1 heterocycles. The lowest BCUT2D eigenvalue weighted by molar-refractivity contribution is -0.117. The highest BCUT2D eigenvalue weighted by molar-refractivity contribution is 9.10. The second-order valence-corrected chi connectivity index (χ2v) is 6.35. The van der Waals surface area contributed by atoms with E-state index in [1.54, 1.807) is 0 Å². The molecule has 1 N–H and O–H groups in total. The van der Waals surface area contributed by atoms with E-state index in [1.165, 1.54) is 0 Å². The topological polar surface area (TPSA) is 38.3 Å². The number of hydrogen-bond acceptors (Lipinski definition) is 2. The summed E-state index contributed by atoms with van der Waals surface area (Å²) in [5.74, 6) is 0.762. The molecule has 2 aromatic carbocycles. The van der Waals surface area contributed by atoms with E-state index in [1.807, 2.05) is 42.5 Å². The second-order valence-electron chi connectivity index (χ2n) is 5.43. The van der Waals surface area contributed by atoms with Crippen molar-refractivity contribution in [2.24, 2.45) is 0 Å². The number of ether oxygens (including phenoxy) is 1. The smallest absolute Gasteiger partial charge is 0.232 e. The number of anilines is 1. The Hall–Kier alpha value is -1.81. The minimum Gasteiger partial charge on any atom is -0.493 e. The van der Waals surface area contributed by atoms with Crippen molar-refractivity contribution in [3.05, 3.63) is 58.1 Å². The van der Waals surface area contributed by atoms with Crippen molar-refractivity contribution in [2.75, 3.05) is 11.9 Å². The molecule has 0 fully saturated rings. The number of hydrogen-bond donors (Lipinski definition) is 1. The summed E-state index contributed by atoms with van der Waals surface area (Å²) in [5, 5.41) is 2.96. The van der Waals surface area contributed by atoms with E-state index < -0.39 is 0 Å². The molecule has 1 atom stereocenters. The molecule has 3 rings (SSSR count). The number of para-hydroxylation sites is 1. The lowest BCUT2D eigenvalue weighted by Gasteiger charge is -2.14. The fourth-order valence-corrected chi connectivity index (χ4v) is 3.12. The van der Waals surface area contributed by atoms with Crippen molar-refractivity contribution < 1.29 is 9.53 Å². The Kier molecular flexibility index (Phi) is 4.48. The van der Waals surface area contributed by atoms with Crippen LogP contribution in [0.1, 0.15) is 30.4 Å². The molecular weight excluding hydrogens is 342 g/mol. The number of fused-ring (bicyclic) bond motifs is 1. The Morgan fingerprint density at radius 1 is 1.23 bits per heavy atom. The monoisotopic (exact) mass is 359 g/mol. The summed E-state index contributed by atoms with van der Waals surface area (Å²) in [4.78, 5) is 12.3. The van der Waals surface area contributed by atoms with Crippen LogP contribution < -0.4 is 10.1 Å². The Bertz CT molecular complexity index is 699. The summed E-state index contributed by atoms with van der Waals surface area (Å²) < 4.78 is 6.79. The van der Waals surface area contributed by atoms with Gasteiger partial charge in [-0.15, -0.1) is 0 Å². The highest BCUT2D eigenvalue weighted by Gasteiger charge is 2.31. The van der Waals surface area contributed by atoms with Crippen LogP contribution in [0.4, 0.5) is 5.69 Å². The van der Waals surface area contributed by atoms with Gasteiger partial charge in [0.25, 0.3) is 0 Å². The van der Waals surface area contributed by atoms with Gasteiger partial charge in [0, 0.05) is 10.2 Å². The van der Waals surface area contributed by atoms with Crippen LogP contribution in [-0.2, 0) is 11.2 Å². The standard InChI is InChI=1S/C18H18BrNO2/c1-2-9-22-17-6-4-3-5-12(17)10-15-14-11-13(19)7-8-16(14)20-18(15)21/h3-8,11,15H,2,9-10H2,1H3,(H,20,21). The highest BCUT2D eigenvalue weighted by atomic mass is 79.9. The molecule has 0 bridgehead atoms. The molecule has 0 aliphatic carbocycles. The van der Waals surface area contributed by atoms with Gasteiger partial charge in [0.15, 0.2) is 0 Å². The van der Waals surface area contributed by atoms with Crippen LogP contribution in [-0.4, -0.2) is 12.5 Å². The fourth-order valence-electron chi connectivity index (χ4n) is 2.74. The van der Waals surface area contributed by atoms with Crippen LogP contribution in [0.5, 0.6) is 5.75 Å². The lowest BCUT2D eigenvalue weighted by atomic mass is 9.93. The molecular formula is C18H18BrNO2. The first-order valence-electron chi connectivity index (χ1n) is 7.50. The number of carbonyl (C=O) groups is 1. The Morgan fingerprint density at radius 3 is 2.86 bits per heavy atom. The molecule has 0 saturated carbocycles. The summed E-state index contributed by atoms with van der Waals surface area (Å²) in [6, 6.07) is 13.9. The average molecular weight is 360 g/mol. The van der Waals surface area contributed by atoms with Crippen molar-refractivity contribution in [1.82, 2.24) is 0 Å². The van der Waals surface area contributed by atoms with Crippen molar-refractivity contribution in [3.63, 3.8) is 0 Å². The zero-order valence-corrected chi connectivity index (χ0v) is 14.0. The number of benzene rings is 2. The largest absolute Gasteiger partial charge is 0.493 e. The van der Waals surface area contributed by atoms with E-state index in [-0.39, 0.29) is 11.8 Å². The van der Waals surface area contributed by atoms with E-state index in [0.717, 1.165) is 33.5 Å². The summed E-state index contributed by atoms with van der Waals surface area (Å²) >= 11 is 3.48. The highest BCUT2D eigenvalue weighted by Crippen LogP contribution is 2.37. The van der Waals surface area contributed by atoms with Gasteiger partial charge >= 0.3 is 0 Å². The van der Waals surface area contributed by atoms with Gasteiger partial charge in [-0.2, -0.15) is 0 Å². The third kappa shape index (κ3) is 3.02. The third-order valence-electron chi connectivity index (χ3n) is 3.82. The first-order chi connectivity index (χ1) is 10.7. The van der Waals surface area contributed by atoms with Gasteiger partial charge < -0.3 is 10.1 Å². The van der Waals surface area contributed by atoms with Gasteiger partial charge in [-0.3, -0.25) is 4.79 Å². The molecule has 0 radical (unpaired) electrons. The van der Waals surface area contributed by atoms with Crippen LogP contribution in [0.25, 0.3) is 0 Å². The van der Waals surface area contributed by atoms with Crippen molar-refractivity contribution >= 4 is 27.5 Å². The molecule has 22 heavy (non-hydrogen) atoms. The van der Waals surface area contributed by atoms with Crippen LogP contribution >= 0.6 is 15.9 Å². The van der Waals surface area contributed by atoms with E-state index in [4.69, 9.17) is 4.74 Å². The van der Waals surface area contributed by atoms with Gasteiger partial charge in [-0.1, -0.05) is 41.1 Å². The van der Waals surface area contributed by atoms with Crippen LogP contribution in [0, 0.1) is 0 Å². The summed E-state index contributed by atoms with van der Waals surface area (Å²) in [6.07, 6.45) is 1.61. The molecule has 0 saturated heterocycles. The maximum Gasteiger partial charge on any atom is 0.232 e. The Balaban J connectivity index is 1.88. The van der Waals surface area contributed by atoms with Crippen LogP contribution in [0.2, 0.25) is 0 Å². The molecule has 114 valence electrons. The van der Waals surface area contributed by atoms with E-state index in [9.17, 15) is 4.79 Å². The molecule has 2 aromatic rings. The van der Waals surface area contributed by atoms with E-state index in [0.29, 0.717) is 13.0 Å². The SMILES string of the molecule is CCCOc1ccccc1CC1C(=O)Nc2ccc(Br)cc21. The number of carbonyl (C=O) groups excluding carboxylic acids is 1. The Labute approximate surface area is 138 Å². The van der Waals surface area contributed by atoms with Gasteiger partial charge in [0.2, 0.25) is 5.91 Å². The normalized spacial score (nSPS) is 16.3. The summed E-state index contributed by atoms with van der Waals surface area (Å²) in [7, 11) is 0. The first kappa shape index (κ1) is 15.1. The zero-order valence-electron chi connectivity index (χ0n) is 12.4. The first-order valence-corrected chi connectivity index (χ1v) is 8.29. The molecule has 1 unspecified atom stereocenters. The van der Waals surface area contributed by atoms with Crippen molar-refractivity contribution in [1.29, 1.82) is 0 Å². The van der Waals surface area contributed by atoms with Crippen LogP contribution in [0.3, 0.4) is 0 Å². The van der Waals surface area contributed by atoms with Crippen molar-refractivity contribution in [3.8, 4) is 5.75 Å². The maximum atomic E-state index is 12.3.